The average Bonchev–Trinajstić information content (AvgIpc) is 2.72. The molecule has 4 bridgehead atoms. The van der Waals surface area contributed by atoms with Gasteiger partial charge in [0.1, 0.15) is 12.4 Å². The molecule has 0 amide bonds. The van der Waals surface area contributed by atoms with E-state index in [2.05, 4.69) is 11.4 Å². The lowest BCUT2D eigenvalue weighted by molar-refractivity contribution is -0.0142. The highest BCUT2D eigenvalue weighted by molar-refractivity contribution is 6.31. The van der Waals surface area contributed by atoms with Crippen molar-refractivity contribution in [1.29, 1.82) is 0 Å². The third-order valence-electron chi connectivity index (χ3n) is 7.39. The summed E-state index contributed by atoms with van der Waals surface area (Å²) in [4.78, 5) is 0. The van der Waals surface area contributed by atoms with Crippen LogP contribution in [0.3, 0.4) is 0 Å². The van der Waals surface area contributed by atoms with E-state index in [0.717, 1.165) is 35.8 Å². The number of halogens is 2. The van der Waals surface area contributed by atoms with E-state index in [1.807, 2.05) is 12.1 Å². The molecule has 6 rings (SSSR count). The van der Waals surface area contributed by atoms with Crippen LogP contribution in [0.2, 0.25) is 5.02 Å². The minimum absolute atomic E-state index is 0.265. The van der Waals surface area contributed by atoms with Crippen LogP contribution in [0.4, 0.5) is 4.39 Å². The van der Waals surface area contributed by atoms with Crippen molar-refractivity contribution in [3.05, 3.63) is 58.4 Å². The van der Waals surface area contributed by atoms with Crippen LogP contribution in [0.5, 0.6) is 11.5 Å². The molecule has 0 radical (unpaired) electrons. The van der Waals surface area contributed by atoms with Gasteiger partial charge in [-0.25, -0.2) is 4.39 Å². The van der Waals surface area contributed by atoms with Gasteiger partial charge >= 0.3 is 0 Å². The maximum Gasteiger partial charge on any atom is 0.161 e. The molecule has 5 heteroatoms. The molecule has 0 unspecified atom stereocenters. The molecule has 1 N–H and O–H groups in total. The van der Waals surface area contributed by atoms with Crippen LogP contribution in [0.15, 0.2) is 36.4 Å². The molecule has 4 aliphatic rings. The summed E-state index contributed by atoms with van der Waals surface area (Å²) in [6.45, 7) is 1.12. The van der Waals surface area contributed by atoms with Crippen LogP contribution in [0.25, 0.3) is 0 Å². The van der Waals surface area contributed by atoms with Crippen LogP contribution in [0.1, 0.15) is 43.2 Å². The molecule has 3 nitrogen and oxygen atoms in total. The van der Waals surface area contributed by atoms with Crippen molar-refractivity contribution >= 4 is 11.6 Å². The van der Waals surface area contributed by atoms with E-state index in [0.29, 0.717) is 22.6 Å². The molecule has 0 atom stereocenters. The Morgan fingerprint density at radius 1 is 0.967 bits per heavy atom. The molecule has 0 aliphatic heterocycles. The molecule has 160 valence electrons. The lowest BCUT2D eigenvalue weighted by Crippen LogP contribution is -2.54. The Labute approximate surface area is 182 Å². The zero-order valence-electron chi connectivity index (χ0n) is 17.4. The first-order valence-electron chi connectivity index (χ1n) is 11.1. The van der Waals surface area contributed by atoms with Gasteiger partial charge in [0, 0.05) is 18.2 Å². The molecule has 2 aromatic rings. The molecule has 2 aromatic carbocycles. The fourth-order valence-corrected chi connectivity index (χ4v) is 6.45. The molecule has 0 aromatic heterocycles. The van der Waals surface area contributed by atoms with Gasteiger partial charge in [0.05, 0.1) is 12.1 Å². The van der Waals surface area contributed by atoms with Crippen molar-refractivity contribution < 1.29 is 13.9 Å². The van der Waals surface area contributed by atoms with Gasteiger partial charge in [0.2, 0.25) is 0 Å². The number of methoxy groups -OCH3 is 1. The van der Waals surface area contributed by atoms with E-state index >= 15 is 0 Å². The van der Waals surface area contributed by atoms with Gasteiger partial charge in [-0.05, 0) is 85.6 Å². The van der Waals surface area contributed by atoms with Crippen LogP contribution < -0.4 is 14.8 Å². The second-order valence-electron chi connectivity index (χ2n) is 9.35. The monoisotopic (exact) mass is 429 g/mol. The van der Waals surface area contributed by atoms with Crippen molar-refractivity contribution in [1.82, 2.24) is 5.32 Å². The largest absolute Gasteiger partial charge is 0.493 e. The van der Waals surface area contributed by atoms with Gasteiger partial charge in [0.25, 0.3) is 0 Å². The summed E-state index contributed by atoms with van der Waals surface area (Å²) in [5, 5.41) is 4.24. The zero-order valence-corrected chi connectivity index (χ0v) is 18.1. The summed E-state index contributed by atoms with van der Waals surface area (Å²) >= 11 is 6.10. The first-order valence-corrected chi connectivity index (χ1v) is 11.4. The molecule has 4 saturated carbocycles. The summed E-state index contributed by atoms with van der Waals surface area (Å²) in [5.74, 6) is 4.75. The van der Waals surface area contributed by atoms with Crippen molar-refractivity contribution in [3.63, 3.8) is 0 Å². The fraction of sp³-hybridized carbons (Fsp3) is 0.520. The highest BCUT2D eigenvalue weighted by Gasteiger charge is 2.47. The van der Waals surface area contributed by atoms with Crippen LogP contribution >= 0.6 is 11.6 Å². The average molecular weight is 430 g/mol. The number of nitrogens with one attached hydrogen (secondary N) is 1. The predicted molar refractivity (Wildman–Crippen MR) is 116 cm³/mol. The minimum atomic E-state index is -0.350. The lowest BCUT2D eigenvalue weighted by atomic mass is 9.54. The van der Waals surface area contributed by atoms with E-state index < -0.39 is 0 Å². The van der Waals surface area contributed by atoms with Crippen molar-refractivity contribution in [2.24, 2.45) is 23.7 Å². The number of rotatable bonds is 7. The van der Waals surface area contributed by atoms with Crippen molar-refractivity contribution in [2.75, 3.05) is 7.11 Å². The smallest absolute Gasteiger partial charge is 0.161 e. The van der Waals surface area contributed by atoms with Crippen LogP contribution in [-0.4, -0.2) is 13.2 Å². The van der Waals surface area contributed by atoms with Crippen molar-refractivity contribution in [2.45, 2.75) is 51.3 Å². The molecular formula is C25H29ClFNO2. The SMILES string of the molecule is COc1cc(CNC2C3CC4CC(C3)CC2C4)ccc1OCc1ccc(F)cc1Cl. The highest BCUT2D eigenvalue weighted by Crippen LogP contribution is 2.53. The zero-order chi connectivity index (χ0) is 20.7. The Balaban J connectivity index is 1.22. The normalized spacial score (nSPS) is 29.2. The Hall–Kier alpha value is -1.78. The second-order valence-corrected chi connectivity index (χ2v) is 9.75. The third-order valence-corrected chi connectivity index (χ3v) is 7.75. The number of hydrogen-bond donors (Lipinski definition) is 1. The molecule has 4 aliphatic carbocycles. The Kier molecular flexibility index (Phi) is 5.63. The first kappa shape index (κ1) is 20.1. The minimum Gasteiger partial charge on any atom is -0.493 e. The summed E-state index contributed by atoms with van der Waals surface area (Å²) in [6.07, 6.45) is 7.18. The number of hydrogen-bond acceptors (Lipinski definition) is 3. The Morgan fingerprint density at radius 2 is 1.70 bits per heavy atom. The van der Waals surface area contributed by atoms with Crippen LogP contribution in [0, 0.1) is 29.5 Å². The molecule has 4 fully saturated rings. The molecule has 0 saturated heterocycles. The molecule has 0 spiro atoms. The van der Waals surface area contributed by atoms with Gasteiger partial charge in [-0.3, -0.25) is 0 Å². The van der Waals surface area contributed by atoms with Gasteiger partial charge in [0.15, 0.2) is 11.5 Å². The summed E-state index contributed by atoms with van der Waals surface area (Å²) in [7, 11) is 1.65. The first-order chi connectivity index (χ1) is 14.6. The Morgan fingerprint density at radius 3 is 2.37 bits per heavy atom. The fourth-order valence-electron chi connectivity index (χ4n) is 6.23. The molecule has 0 heterocycles. The quantitative estimate of drug-likeness (QED) is 0.587. The summed E-state index contributed by atoms with van der Waals surface area (Å²) in [6, 6.07) is 11.1. The summed E-state index contributed by atoms with van der Waals surface area (Å²) < 4.78 is 24.7. The third kappa shape index (κ3) is 4.04. The van der Waals surface area contributed by atoms with Gasteiger partial charge in [-0.15, -0.1) is 0 Å². The van der Waals surface area contributed by atoms with Crippen molar-refractivity contribution in [3.8, 4) is 11.5 Å². The van der Waals surface area contributed by atoms with E-state index in [4.69, 9.17) is 21.1 Å². The topological polar surface area (TPSA) is 30.5 Å². The standard InChI is InChI=1S/C25H29ClFNO2/c1-29-24-11-15(2-5-23(24)30-14-18-3-4-21(27)12-22(18)26)13-28-25-19-7-16-6-17(9-19)10-20(25)8-16/h2-5,11-12,16-17,19-20,25,28H,6-10,13-14H2,1H3. The van der Waals surface area contributed by atoms with Gasteiger partial charge < -0.3 is 14.8 Å². The predicted octanol–water partition coefficient (Wildman–Crippen LogP) is 5.98. The van der Waals surface area contributed by atoms with Gasteiger partial charge in [-0.2, -0.15) is 0 Å². The highest BCUT2D eigenvalue weighted by atomic mass is 35.5. The number of benzene rings is 2. The van der Waals surface area contributed by atoms with E-state index in [1.54, 1.807) is 13.2 Å². The Bertz CT molecular complexity index is 890. The van der Waals surface area contributed by atoms with E-state index in [-0.39, 0.29) is 12.4 Å². The second kappa shape index (κ2) is 8.39. The summed E-state index contributed by atoms with van der Waals surface area (Å²) in [5.41, 5.74) is 1.94. The maximum absolute atomic E-state index is 13.2. The van der Waals surface area contributed by atoms with Gasteiger partial charge in [-0.1, -0.05) is 23.7 Å². The molecule has 30 heavy (non-hydrogen) atoms. The lowest BCUT2D eigenvalue weighted by Gasteiger charge is -2.54. The maximum atomic E-state index is 13.2. The number of ether oxygens (including phenoxy) is 2. The molecular weight excluding hydrogens is 401 g/mol. The van der Waals surface area contributed by atoms with E-state index in [9.17, 15) is 4.39 Å². The van der Waals surface area contributed by atoms with E-state index in [1.165, 1.54) is 49.8 Å². The van der Waals surface area contributed by atoms with Crippen LogP contribution in [-0.2, 0) is 13.2 Å².